The largest absolute Gasteiger partial charge is 0.393 e. The number of aliphatic hydroxyl groups excluding tert-OH is 1. The molecule has 0 aromatic carbocycles. The van der Waals surface area contributed by atoms with Crippen LogP contribution in [-0.4, -0.2) is 33.4 Å². The van der Waals surface area contributed by atoms with Crippen LogP contribution in [0.2, 0.25) is 0 Å². The molecule has 2 aliphatic carbocycles. The lowest BCUT2D eigenvalue weighted by molar-refractivity contribution is 0.0915. The van der Waals surface area contributed by atoms with Gasteiger partial charge in [0, 0.05) is 24.9 Å². The molecule has 1 amide bonds. The Bertz CT molecular complexity index is 508. The molecule has 2 aliphatic rings. The van der Waals surface area contributed by atoms with Gasteiger partial charge < -0.3 is 10.4 Å². The minimum absolute atomic E-state index is 0.0293. The van der Waals surface area contributed by atoms with Crippen LogP contribution in [0.3, 0.4) is 0 Å². The molecule has 21 heavy (non-hydrogen) atoms. The first-order valence-electron chi connectivity index (χ1n) is 8.22. The van der Waals surface area contributed by atoms with Crippen molar-refractivity contribution in [2.24, 2.45) is 5.92 Å². The number of carbonyl (C=O) groups excluding carboxylic acids is 1. The van der Waals surface area contributed by atoms with Crippen LogP contribution in [0, 0.1) is 5.92 Å². The third-order valence-corrected chi connectivity index (χ3v) is 4.67. The second-order valence-electron chi connectivity index (χ2n) is 6.41. The van der Waals surface area contributed by atoms with E-state index >= 15 is 0 Å². The van der Waals surface area contributed by atoms with Crippen LogP contribution in [0.15, 0.2) is 6.20 Å². The summed E-state index contributed by atoms with van der Waals surface area (Å²) in [5, 5.41) is 17.2. The summed E-state index contributed by atoms with van der Waals surface area (Å²) in [5.74, 6) is 0.694. The van der Waals surface area contributed by atoms with Crippen molar-refractivity contribution in [1.29, 1.82) is 0 Å². The van der Waals surface area contributed by atoms with Gasteiger partial charge in [0.15, 0.2) is 0 Å². The monoisotopic (exact) mass is 291 g/mol. The van der Waals surface area contributed by atoms with E-state index in [0.717, 1.165) is 56.3 Å². The summed E-state index contributed by atoms with van der Waals surface area (Å²) in [4.78, 5) is 12.4. The van der Waals surface area contributed by atoms with Gasteiger partial charge in [0.2, 0.25) is 0 Å². The van der Waals surface area contributed by atoms with Crippen molar-refractivity contribution in [3.63, 3.8) is 0 Å². The highest BCUT2D eigenvalue weighted by Crippen LogP contribution is 2.41. The lowest BCUT2D eigenvalue weighted by Gasteiger charge is -2.15. The molecule has 1 aromatic rings. The lowest BCUT2D eigenvalue weighted by atomic mass is 10.1. The van der Waals surface area contributed by atoms with Gasteiger partial charge in [-0.25, -0.2) is 0 Å². The highest BCUT2D eigenvalue weighted by atomic mass is 16.3. The maximum atomic E-state index is 12.4. The van der Waals surface area contributed by atoms with Gasteiger partial charge in [0.25, 0.3) is 5.91 Å². The molecule has 2 N–H and O–H groups in total. The summed E-state index contributed by atoms with van der Waals surface area (Å²) >= 11 is 0. The van der Waals surface area contributed by atoms with Gasteiger partial charge in [0.05, 0.1) is 23.6 Å². The third kappa shape index (κ3) is 3.12. The number of aliphatic hydroxyl groups is 1. The zero-order valence-corrected chi connectivity index (χ0v) is 12.7. The standard InChI is InChI=1S/C16H25N3O2/c1-2-8-19-15(11-6-7-11)13(10-18-19)16(21)17-9-12-4-3-5-14(12)20/h10-12,14,20H,2-9H2,1H3,(H,17,21). The van der Waals surface area contributed by atoms with Crippen molar-refractivity contribution in [3.8, 4) is 0 Å². The zero-order valence-electron chi connectivity index (χ0n) is 12.7. The van der Waals surface area contributed by atoms with E-state index in [2.05, 4.69) is 17.3 Å². The molecule has 0 saturated heterocycles. The fourth-order valence-corrected chi connectivity index (χ4v) is 3.32. The average molecular weight is 291 g/mol. The second-order valence-corrected chi connectivity index (χ2v) is 6.41. The predicted molar refractivity (Wildman–Crippen MR) is 80.2 cm³/mol. The molecule has 0 radical (unpaired) electrons. The van der Waals surface area contributed by atoms with Crippen molar-refractivity contribution in [2.45, 2.75) is 64.0 Å². The van der Waals surface area contributed by atoms with Gasteiger partial charge in [0.1, 0.15) is 0 Å². The molecule has 2 fully saturated rings. The first-order valence-corrected chi connectivity index (χ1v) is 8.22. The van der Waals surface area contributed by atoms with Gasteiger partial charge in [-0.2, -0.15) is 5.10 Å². The number of amides is 1. The molecular weight excluding hydrogens is 266 g/mol. The smallest absolute Gasteiger partial charge is 0.254 e. The van der Waals surface area contributed by atoms with Gasteiger partial charge in [-0.1, -0.05) is 13.3 Å². The summed E-state index contributed by atoms with van der Waals surface area (Å²) in [5.41, 5.74) is 1.85. The van der Waals surface area contributed by atoms with Crippen LogP contribution in [-0.2, 0) is 6.54 Å². The Hall–Kier alpha value is -1.36. The van der Waals surface area contributed by atoms with E-state index < -0.39 is 0 Å². The van der Waals surface area contributed by atoms with Crippen LogP contribution in [0.4, 0.5) is 0 Å². The topological polar surface area (TPSA) is 67.2 Å². The molecule has 0 spiro atoms. The minimum Gasteiger partial charge on any atom is -0.393 e. The lowest BCUT2D eigenvalue weighted by Crippen LogP contribution is -2.32. The number of aromatic nitrogens is 2. The molecule has 0 bridgehead atoms. The molecule has 2 saturated carbocycles. The molecule has 5 heteroatoms. The predicted octanol–water partition coefficient (Wildman–Crippen LogP) is 2.06. The number of hydrogen-bond donors (Lipinski definition) is 2. The van der Waals surface area contributed by atoms with E-state index in [0.29, 0.717) is 12.5 Å². The Labute approximate surface area is 125 Å². The van der Waals surface area contributed by atoms with E-state index in [1.807, 2.05) is 4.68 Å². The second kappa shape index (κ2) is 6.18. The van der Waals surface area contributed by atoms with Crippen molar-refractivity contribution in [3.05, 3.63) is 17.5 Å². The number of aryl methyl sites for hydroxylation is 1. The first-order chi connectivity index (χ1) is 10.2. The molecular formula is C16H25N3O2. The van der Waals surface area contributed by atoms with Crippen LogP contribution in [0.5, 0.6) is 0 Å². The minimum atomic E-state index is -0.254. The number of hydrogen-bond acceptors (Lipinski definition) is 3. The Balaban J connectivity index is 1.66. The number of carbonyl (C=O) groups is 1. The molecule has 2 unspecified atom stereocenters. The van der Waals surface area contributed by atoms with Gasteiger partial charge in [-0.15, -0.1) is 0 Å². The Morgan fingerprint density at radius 2 is 2.24 bits per heavy atom. The summed E-state index contributed by atoms with van der Waals surface area (Å²) in [7, 11) is 0. The van der Waals surface area contributed by atoms with Crippen molar-refractivity contribution >= 4 is 5.91 Å². The SMILES string of the molecule is CCCn1ncc(C(=O)NCC2CCCC2O)c1C1CC1. The van der Waals surface area contributed by atoms with Crippen LogP contribution in [0.25, 0.3) is 0 Å². The average Bonchev–Trinajstić information content (AvgIpc) is 3.10. The zero-order chi connectivity index (χ0) is 14.8. The molecule has 2 atom stereocenters. The van der Waals surface area contributed by atoms with Gasteiger partial charge in [-0.3, -0.25) is 9.48 Å². The van der Waals surface area contributed by atoms with E-state index in [4.69, 9.17) is 0 Å². The fraction of sp³-hybridized carbons (Fsp3) is 0.750. The summed E-state index contributed by atoms with van der Waals surface area (Å²) in [6.45, 7) is 3.57. The van der Waals surface area contributed by atoms with Crippen LogP contribution in [0.1, 0.15) is 67.4 Å². The molecule has 5 nitrogen and oxygen atoms in total. The summed E-state index contributed by atoms with van der Waals surface area (Å²) < 4.78 is 2.00. The quantitative estimate of drug-likeness (QED) is 0.843. The maximum absolute atomic E-state index is 12.4. The summed E-state index contributed by atoms with van der Waals surface area (Å²) in [6.07, 6.45) is 7.74. The van der Waals surface area contributed by atoms with E-state index in [-0.39, 0.29) is 17.9 Å². The molecule has 3 rings (SSSR count). The fourth-order valence-electron chi connectivity index (χ4n) is 3.32. The molecule has 1 heterocycles. The highest BCUT2D eigenvalue weighted by Gasteiger charge is 2.32. The van der Waals surface area contributed by atoms with Crippen LogP contribution < -0.4 is 5.32 Å². The van der Waals surface area contributed by atoms with E-state index in [1.54, 1.807) is 6.20 Å². The number of nitrogens with zero attached hydrogens (tertiary/aromatic N) is 2. The third-order valence-electron chi connectivity index (χ3n) is 4.67. The molecule has 116 valence electrons. The van der Waals surface area contributed by atoms with Crippen molar-refractivity contribution in [1.82, 2.24) is 15.1 Å². The first kappa shape index (κ1) is 14.6. The number of rotatable bonds is 6. The van der Waals surface area contributed by atoms with Crippen LogP contribution >= 0.6 is 0 Å². The van der Waals surface area contributed by atoms with Crippen molar-refractivity contribution in [2.75, 3.05) is 6.54 Å². The summed E-state index contributed by atoms with van der Waals surface area (Å²) in [6, 6.07) is 0. The maximum Gasteiger partial charge on any atom is 0.254 e. The van der Waals surface area contributed by atoms with Gasteiger partial charge >= 0.3 is 0 Å². The highest BCUT2D eigenvalue weighted by molar-refractivity contribution is 5.95. The Kier molecular flexibility index (Phi) is 4.29. The van der Waals surface area contributed by atoms with E-state index in [9.17, 15) is 9.90 Å². The van der Waals surface area contributed by atoms with Gasteiger partial charge in [-0.05, 0) is 32.1 Å². The Morgan fingerprint density at radius 3 is 2.86 bits per heavy atom. The van der Waals surface area contributed by atoms with Crippen molar-refractivity contribution < 1.29 is 9.90 Å². The Morgan fingerprint density at radius 1 is 1.43 bits per heavy atom. The molecule has 0 aliphatic heterocycles. The normalized spacial score (nSPS) is 25.2. The van der Waals surface area contributed by atoms with E-state index in [1.165, 1.54) is 0 Å². The number of nitrogens with one attached hydrogen (secondary N) is 1. The molecule has 1 aromatic heterocycles.